The minimum atomic E-state index is -0.0134. The van der Waals surface area contributed by atoms with E-state index in [-0.39, 0.29) is 5.91 Å². The highest BCUT2D eigenvalue weighted by Gasteiger charge is 2.13. The van der Waals surface area contributed by atoms with Crippen molar-refractivity contribution in [3.8, 4) is 0 Å². The van der Waals surface area contributed by atoms with Gasteiger partial charge in [0, 0.05) is 24.7 Å². The zero-order valence-corrected chi connectivity index (χ0v) is 16.5. The van der Waals surface area contributed by atoms with Crippen LogP contribution >= 0.6 is 0 Å². The second kappa shape index (κ2) is 8.69. The predicted octanol–water partition coefficient (Wildman–Crippen LogP) is 4.61. The maximum atomic E-state index is 12.5. The number of benzene rings is 2. The predicted molar refractivity (Wildman–Crippen MR) is 116 cm³/mol. The lowest BCUT2D eigenvalue weighted by molar-refractivity contribution is -0.116. The number of nitrogens with zero attached hydrogens (tertiary/aromatic N) is 3. The molecule has 0 radical (unpaired) electrons. The number of rotatable bonds is 7. The van der Waals surface area contributed by atoms with E-state index in [1.807, 2.05) is 54.6 Å². The number of aromatic nitrogens is 3. The summed E-state index contributed by atoms with van der Waals surface area (Å²) < 4.78 is 2.11. The molecule has 29 heavy (non-hydrogen) atoms. The van der Waals surface area contributed by atoms with Crippen LogP contribution in [0.25, 0.3) is 11.2 Å². The number of carbonyl (C=O) groups is 1. The van der Waals surface area contributed by atoms with Crippen molar-refractivity contribution in [2.24, 2.45) is 0 Å². The Bertz CT molecular complexity index is 1100. The molecule has 0 atom stereocenters. The SMILES string of the molecule is CCc1ccc(NC(=O)CCc2nc3cccnc3n2Cc2ccccc2)cc1. The largest absolute Gasteiger partial charge is 0.326 e. The van der Waals surface area contributed by atoms with Gasteiger partial charge in [-0.3, -0.25) is 4.79 Å². The molecule has 1 amide bonds. The number of pyridine rings is 1. The van der Waals surface area contributed by atoms with E-state index in [2.05, 4.69) is 33.9 Å². The van der Waals surface area contributed by atoms with Crippen molar-refractivity contribution in [2.75, 3.05) is 5.32 Å². The van der Waals surface area contributed by atoms with Crippen LogP contribution in [0, 0.1) is 0 Å². The summed E-state index contributed by atoms with van der Waals surface area (Å²) in [7, 11) is 0. The van der Waals surface area contributed by atoms with Gasteiger partial charge in [0.25, 0.3) is 0 Å². The molecular weight excluding hydrogens is 360 g/mol. The number of anilines is 1. The average Bonchev–Trinajstić information content (AvgIpc) is 3.11. The van der Waals surface area contributed by atoms with Gasteiger partial charge in [-0.15, -0.1) is 0 Å². The van der Waals surface area contributed by atoms with Crippen LogP contribution in [-0.2, 0) is 24.2 Å². The van der Waals surface area contributed by atoms with Gasteiger partial charge in [0.1, 0.15) is 11.3 Å². The quantitative estimate of drug-likeness (QED) is 0.506. The summed E-state index contributed by atoms with van der Waals surface area (Å²) in [4.78, 5) is 21.7. The molecule has 4 aromatic rings. The van der Waals surface area contributed by atoms with E-state index in [0.29, 0.717) is 19.4 Å². The molecule has 5 heteroatoms. The molecule has 2 heterocycles. The van der Waals surface area contributed by atoms with Gasteiger partial charge in [-0.2, -0.15) is 0 Å². The fourth-order valence-electron chi connectivity index (χ4n) is 3.40. The highest BCUT2D eigenvalue weighted by atomic mass is 16.1. The Kier molecular flexibility index (Phi) is 5.66. The van der Waals surface area contributed by atoms with Crippen molar-refractivity contribution in [3.05, 3.63) is 89.9 Å². The van der Waals surface area contributed by atoms with E-state index < -0.39 is 0 Å². The fraction of sp³-hybridized carbons (Fsp3) is 0.208. The van der Waals surface area contributed by atoms with E-state index in [9.17, 15) is 4.79 Å². The van der Waals surface area contributed by atoms with Crippen LogP contribution in [0.5, 0.6) is 0 Å². The average molecular weight is 384 g/mol. The van der Waals surface area contributed by atoms with Crippen LogP contribution in [0.2, 0.25) is 0 Å². The summed E-state index contributed by atoms with van der Waals surface area (Å²) >= 11 is 0. The molecule has 0 aliphatic heterocycles. The molecule has 0 saturated carbocycles. The van der Waals surface area contributed by atoms with Gasteiger partial charge in [-0.05, 0) is 41.8 Å². The molecule has 4 rings (SSSR count). The second-order valence-electron chi connectivity index (χ2n) is 7.04. The van der Waals surface area contributed by atoms with Crippen LogP contribution in [0.1, 0.15) is 30.3 Å². The van der Waals surface area contributed by atoms with E-state index in [1.54, 1.807) is 6.20 Å². The van der Waals surface area contributed by atoms with Crippen molar-refractivity contribution in [2.45, 2.75) is 32.7 Å². The third-order valence-electron chi connectivity index (χ3n) is 4.99. The first-order chi connectivity index (χ1) is 14.2. The van der Waals surface area contributed by atoms with Crippen molar-refractivity contribution >= 4 is 22.8 Å². The molecular formula is C24H24N4O. The Hall–Kier alpha value is -3.47. The van der Waals surface area contributed by atoms with Gasteiger partial charge in [0.2, 0.25) is 5.91 Å². The van der Waals surface area contributed by atoms with E-state index >= 15 is 0 Å². The molecule has 0 unspecified atom stereocenters. The zero-order chi connectivity index (χ0) is 20.1. The molecule has 0 bridgehead atoms. The Morgan fingerprint density at radius 3 is 2.52 bits per heavy atom. The van der Waals surface area contributed by atoms with Gasteiger partial charge in [-0.1, -0.05) is 49.4 Å². The molecule has 146 valence electrons. The summed E-state index contributed by atoms with van der Waals surface area (Å²) in [5.74, 6) is 0.861. The minimum Gasteiger partial charge on any atom is -0.326 e. The number of hydrogen-bond acceptors (Lipinski definition) is 3. The normalized spacial score (nSPS) is 10.9. The first-order valence-electron chi connectivity index (χ1n) is 9.96. The number of nitrogens with one attached hydrogen (secondary N) is 1. The lowest BCUT2D eigenvalue weighted by Crippen LogP contribution is -2.14. The van der Waals surface area contributed by atoms with Gasteiger partial charge in [0.05, 0.1) is 6.54 Å². The van der Waals surface area contributed by atoms with Crippen molar-refractivity contribution in [1.82, 2.24) is 14.5 Å². The highest BCUT2D eigenvalue weighted by Crippen LogP contribution is 2.18. The van der Waals surface area contributed by atoms with E-state index in [0.717, 1.165) is 29.1 Å². The van der Waals surface area contributed by atoms with Crippen LogP contribution in [-0.4, -0.2) is 20.4 Å². The Morgan fingerprint density at radius 1 is 0.966 bits per heavy atom. The molecule has 1 N–H and O–H groups in total. The van der Waals surface area contributed by atoms with Crippen LogP contribution < -0.4 is 5.32 Å². The summed E-state index contributed by atoms with van der Waals surface area (Å²) in [5.41, 5.74) is 4.96. The van der Waals surface area contributed by atoms with Gasteiger partial charge in [0.15, 0.2) is 5.65 Å². The van der Waals surface area contributed by atoms with Crippen molar-refractivity contribution in [1.29, 1.82) is 0 Å². The van der Waals surface area contributed by atoms with Crippen molar-refractivity contribution < 1.29 is 4.79 Å². The third kappa shape index (κ3) is 4.51. The molecule has 0 fully saturated rings. The van der Waals surface area contributed by atoms with Crippen LogP contribution in [0.3, 0.4) is 0 Å². The standard InChI is InChI=1S/C24H24N4O/c1-2-18-10-12-20(13-11-18)26-23(29)15-14-22-27-21-9-6-16-25-24(21)28(22)17-19-7-4-3-5-8-19/h3-13,16H,2,14-15,17H2,1H3,(H,26,29). The summed E-state index contributed by atoms with van der Waals surface area (Å²) in [6.07, 6.45) is 3.69. The molecule has 2 aromatic carbocycles. The Morgan fingerprint density at radius 2 is 1.76 bits per heavy atom. The molecule has 0 saturated heterocycles. The van der Waals surface area contributed by atoms with Crippen molar-refractivity contribution in [3.63, 3.8) is 0 Å². The van der Waals surface area contributed by atoms with Gasteiger partial charge < -0.3 is 9.88 Å². The fourth-order valence-corrected chi connectivity index (χ4v) is 3.40. The summed E-state index contributed by atoms with van der Waals surface area (Å²) in [6, 6.07) is 22.1. The number of aryl methyl sites for hydroxylation is 2. The maximum absolute atomic E-state index is 12.5. The first-order valence-corrected chi connectivity index (χ1v) is 9.96. The lowest BCUT2D eigenvalue weighted by atomic mass is 10.1. The second-order valence-corrected chi connectivity index (χ2v) is 7.04. The number of imidazole rings is 1. The lowest BCUT2D eigenvalue weighted by Gasteiger charge is -2.09. The third-order valence-corrected chi connectivity index (χ3v) is 4.99. The zero-order valence-electron chi connectivity index (χ0n) is 16.5. The molecule has 0 aliphatic carbocycles. The van der Waals surface area contributed by atoms with Crippen LogP contribution in [0.4, 0.5) is 5.69 Å². The van der Waals surface area contributed by atoms with E-state index in [1.165, 1.54) is 11.1 Å². The summed E-state index contributed by atoms with van der Waals surface area (Å²) in [6.45, 7) is 2.80. The monoisotopic (exact) mass is 384 g/mol. The van der Waals surface area contributed by atoms with E-state index in [4.69, 9.17) is 4.98 Å². The molecule has 5 nitrogen and oxygen atoms in total. The topological polar surface area (TPSA) is 59.8 Å². The smallest absolute Gasteiger partial charge is 0.224 e. The number of carbonyl (C=O) groups excluding carboxylic acids is 1. The van der Waals surface area contributed by atoms with Gasteiger partial charge in [-0.25, -0.2) is 9.97 Å². The maximum Gasteiger partial charge on any atom is 0.224 e. The highest BCUT2D eigenvalue weighted by molar-refractivity contribution is 5.90. The minimum absolute atomic E-state index is 0.0134. The molecule has 2 aromatic heterocycles. The number of fused-ring (bicyclic) bond motifs is 1. The number of hydrogen-bond donors (Lipinski definition) is 1. The van der Waals surface area contributed by atoms with Gasteiger partial charge >= 0.3 is 0 Å². The Labute approximate surface area is 170 Å². The summed E-state index contributed by atoms with van der Waals surface area (Å²) in [5, 5.41) is 2.97. The van der Waals surface area contributed by atoms with Crippen LogP contribution in [0.15, 0.2) is 72.9 Å². The number of amides is 1. The first kappa shape index (κ1) is 18.9. The molecule has 0 spiro atoms. The Balaban J connectivity index is 1.49. The molecule has 0 aliphatic rings.